The first-order valence-corrected chi connectivity index (χ1v) is 5.92. The van der Waals surface area contributed by atoms with Crippen LogP contribution in [0.3, 0.4) is 0 Å². The summed E-state index contributed by atoms with van der Waals surface area (Å²) in [4.78, 5) is 23.9. The number of carboxylic acids is 1. The van der Waals surface area contributed by atoms with Gasteiger partial charge in [0.05, 0.1) is 29.6 Å². The number of fused-ring (bicyclic) bond motifs is 1. The Morgan fingerprint density at radius 1 is 1.53 bits per heavy atom. The predicted molar refractivity (Wildman–Crippen MR) is 68.9 cm³/mol. The molecule has 1 aromatic carbocycles. The quantitative estimate of drug-likeness (QED) is 0.846. The standard InChI is InChI=1S/C13H13N3O3/c14-7-9-3-4-10-11(6-9)16(12(17)8-15-10)5-1-2-13(18)19/h3-4,6,15H,1-2,5,8H2,(H,18,19). The highest BCUT2D eigenvalue weighted by atomic mass is 16.4. The van der Waals surface area contributed by atoms with Crippen molar-refractivity contribution in [3.63, 3.8) is 0 Å². The Kier molecular flexibility index (Phi) is 3.66. The molecule has 0 aromatic heterocycles. The van der Waals surface area contributed by atoms with Crippen molar-refractivity contribution in [2.75, 3.05) is 23.3 Å². The van der Waals surface area contributed by atoms with Gasteiger partial charge in [0, 0.05) is 13.0 Å². The molecule has 6 nitrogen and oxygen atoms in total. The van der Waals surface area contributed by atoms with Crippen molar-refractivity contribution in [3.8, 4) is 6.07 Å². The number of anilines is 2. The van der Waals surface area contributed by atoms with Crippen molar-refractivity contribution in [1.29, 1.82) is 5.26 Å². The van der Waals surface area contributed by atoms with Gasteiger partial charge in [0.2, 0.25) is 5.91 Å². The van der Waals surface area contributed by atoms with Crippen LogP contribution in [0.25, 0.3) is 0 Å². The summed E-state index contributed by atoms with van der Waals surface area (Å²) in [6, 6.07) is 7.10. The van der Waals surface area contributed by atoms with Gasteiger partial charge in [-0.1, -0.05) is 0 Å². The van der Waals surface area contributed by atoms with E-state index in [0.717, 1.165) is 5.69 Å². The van der Waals surface area contributed by atoms with Crippen LogP contribution in [0.1, 0.15) is 18.4 Å². The Balaban J connectivity index is 2.21. The first-order chi connectivity index (χ1) is 9.11. The van der Waals surface area contributed by atoms with Crippen molar-refractivity contribution in [1.82, 2.24) is 0 Å². The molecular weight excluding hydrogens is 246 g/mol. The zero-order chi connectivity index (χ0) is 13.8. The number of carbonyl (C=O) groups is 2. The average Bonchev–Trinajstić information content (AvgIpc) is 2.40. The van der Waals surface area contributed by atoms with Gasteiger partial charge in [-0.25, -0.2) is 0 Å². The molecule has 0 unspecified atom stereocenters. The first kappa shape index (κ1) is 12.9. The van der Waals surface area contributed by atoms with E-state index < -0.39 is 5.97 Å². The van der Waals surface area contributed by atoms with Crippen LogP contribution in [0, 0.1) is 11.3 Å². The highest BCUT2D eigenvalue weighted by Crippen LogP contribution is 2.30. The van der Waals surface area contributed by atoms with Crippen molar-refractivity contribution in [2.24, 2.45) is 0 Å². The first-order valence-electron chi connectivity index (χ1n) is 5.92. The third-order valence-electron chi connectivity index (χ3n) is 2.92. The van der Waals surface area contributed by atoms with Crippen LogP contribution in [-0.4, -0.2) is 30.1 Å². The maximum Gasteiger partial charge on any atom is 0.303 e. The van der Waals surface area contributed by atoms with Crippen molar-refractivity contribution in [2.45, 2.75) is 12.8 Å². The van der Waals surface area contributed by atoms with Crippen LogP contribution in [0.2, 0.25) is 0 Å². The van der Waals surface area contributed by atoms with Crippen LogP contribution in [0.5, 0.6) is 0 Å². The Hall–Kier alpha value is -2.55. The maximum absolute atomic E-state index is 11.9. The van der Waals surface area contributed by atoms with Gasteiger partial charge in [0.1, 0.15) is 0 Å². The van der Waals surface area contributed by atoms with Crippen LogP contribution in [-0.2, 0) is 9.59 Å². The summed E-state index contributed by atoms with van der Waals surface area (Å²) in [7, 11) is 0. The van der Waals surface area contributed by atoms with E-state index in [4.69, 9.17) is 10.4 Å². The van der Waals surface area contributed by atoms with E-state index in [1.807, 2.05) is 6.07 Å². The number of nitrogens with zero attached hydrogens (tertiary/aromatic N) is 2. The largest absolute Gasteiger partial charge is 0.481 e. The van der Waals surface area contributed by atoms with Crippen molar-refractivity contribution in [3.05, 3.63) is 23.8 Å². The summed E-state index contributed by atoms with van der Waals surface area (Å²) in [5, 5.41) is 20.5. The number of nitriles is 1. The van der Waals surface area contributed by atoms with Crippen LogP contribution in [0.4, 0.5) is 11.4 Å². The van der Waals surface area contributed by atoms with E-state index in [9.17, 15) is 9.59 Å². The number of carboxylic acid groups (broad SMARTS) is 1. The summed E-state index contributed by atoms with van der Waals surface area (Å²) in [5.41, 5.74) is 1.90. The number of carbonyl (C=O) groups excluding carboxylic acids is 1. The molecule has 1 heterocycles. The Labute approximate surface area is 110 Å². The van der Waals surface area contributed by atoms with Gasteiger partial charge in [0.25, 0.3) is 0 Å². The molecule has 1 aliphatic rings. The Morgan fingerprint density at radius 2 is 2.32 bits per heavy atom. The van der Waals surface area contributed by atoms with Gasteiger partial charge in [-0.15, -0.1) is 0 Å². The second-order valence-corrected chi connectivity index (χ2v) is 4.24. The average molecular weight is 259 g/mol. The molecule has 0 saturated heterocycles. The fourth-order valence-corrected chi connectivity index (χ4v) is 2.01. The molecule has 6 heteroatoms. The number of hydrogen-bond donors (Lipinski definition) is 2. The van der Waals surface area contributed by atoms with Crippen LogP contribution < -0.4 is 10.2 Å². The highest BCUT2D eigenvalue weighted by Gasteiger charge is 2.23. The fraction of sp³-hybridized carbons (Fsp3) is 0.308. The van der Waals surface area contributed by atoms with Gasteiger partial charge >= 0.3 is 5.97 Å². The smallest absolute Gasteiger partial charge is 0.303 e. The van der Waals surface area contributed by atoms with E-state index in [2.05, 4.69) is 5.32 Å². The molecule has 2 N–H and O–H groups in total. The molecule has 19 heavy (non-hydrogen) atoms. The molecule has 0 radical (unpaired) electrons. The summed E-state index contributed by atoms with van der Waals surface area (Å²) in [6.45, 7) is 0.528. The van der Waals surface area contributed by atoms with Crippen LogP contribution in [0.15, 0.2) is 18.2 Å². The van der Waals surface area contributed by atoms with Crippen molar-refractivity contribution >= 4 is 23.3 Å². The summed E-state index contributed by atoms with van der Waals surface area (Å²) >= 11 is 0. The molecule has 1 aliphatic heterocycles. The number of amides is 1. The third kappa shape index (κ3) is 2.83. The number of aliphatic carboxylic acids is 1. The van der Waals surface area contributed by atoms with Crippen LogP contribution >= 0.6 is 0 Å². The zero-order valence-corrected chi connectivity index (χ0v) is 10.2. The fourth-order valence-electron chi connectivity index (χ4n) is 2.01. The van der Waals surface area contributed by atoms with Gasteiger partial charge in [-0.05, 0) is 24.6 Å². The molecule has 0 bridgehead atoms. The molecule has 0 aliphatic carbocycles. The van der Waals surface area contributed by atoms with Gasteiger partial charge < -0.3 is 15.3 Å². The van der Waals surface area contributed by atoms with E-state index in [0.29, 0.717) is 24.2 Å². The van der Waals surface area contributed by atoms with Crippen molar-refractivity contribution < 1.29 is 14.7 Å². The summed E-state index contributed by atoms with van der Waals surface area (Å²) < 4.78 is 0. The zero-order valence-electron chi connectivity index (χ0n) is 10.2. The number of benzene rings is 1. The lowest BCUT2D eigenvalue weighted by Gasteiger charge is -2.30. The summed E-state index contributed by atoms with van der Waals surface area (Å²) in [6.07, 6.45) is 0.405. The molecule has 1 amide bonds. The van der Waals surface area contributed by atoms with E-state index >= 15 is 0 Å². The lowest BCUT2D eigenvalue weighted by Crippen LogP contribution is -2.40. The Bertz CT molecular complexity index is 563. The van der Waals surface area contributed by atoms with E-state index in [1.165, 1.54) is 4.90 Å². The number of hydrogen-bond acceptors (Lipinski definition) is 4. The molecule has 98 valence electrons. The minimum Gasteiger partial charge on any atom is -0.481 e. The molecule has 2 rings (SSSR count). The monoisotopic (exact) mass is 259 g/mol. The van der Waals surface area contributed by atoms with Gasteiger partial charge in [-0.2, -0.15) is 5.26 Å². The molecular formula is C13H13N3O3. The van der Waals surface area contributed by atoms with Gasteiger partial charge in [0.15, 0.2) is 0 Å². The lowest BCUT2D eigenvalue weighted by atomic mass is 10.1. The minimum absolute atomic E-state index is 0.0183. The normalized spacial score (nSPS) is 13.4. The second kappa shape index (κ2) is 5.40. The minimum atomic E-state index is -0.881. The predicted octanol–water partition coefficient (Wildman–Crippen LogP) is 1.18. The highest BCUT2D eigenvalue weighted by molar-refractivity contribution is 6.02. The third-order valence-corrected chi connectivity index (χ3v) is 2.92. The molecule has 0 fully saturated rings. The lowest BCUT2D eigenvalue weighted by molar-refractivity contribution is -0.137. The van der Waals surface area contributed by atoms with E-state index in [-0.39, 0.29) is 18.9 Å². The molecule has 0 saturated carbocycles. The van der Waals surface area contributed by atoms with Gasteiger partial charge in [-0.3, -0.25) is 9.59 Å². The molecule has 0 spiro atoms. The maximum atomic E-state index is 11.9. The van der Waals surface area contributed by atoms with E-state index in [1.54, 1.807) is 18.2 Å². The SMILES string of the molecule is N#Cc1ccc2c(c1)N(CCCC(=O)O)C(=O)CN2. The molecule has 1 aromatic rings. The summed E-state index contributed by atoms with van der Waals surface area (Å²) in [5.74, 6) is -0.999. The Morgan fingerprint density at radius 3 is 3.00 bits per heavy atom. The number of nitrogens with one attached hydrogen (secondary N) is 1. The number of rotatable bonds is 4. The second-order valence-electron chi connectivity index (χ2n) is 4.24. The molecule has 0 atom stereocenters. The topological polar surface area (TPSA) is 93.4 Å².